The molecule has 5 nitrogen and oxygen atoms in total. The Morgan fingerprint density at radius 1 is 1.03 bits per heavy atom. The summed E-state index contributed by atoms with van der Waals surface area (Å²) in [5.41, 5.74) is 1.97. The molecule has 0 aromatic heterocycles. The average Bonchev–Trinajstić information content (AvgIpc) is 3.53. The van der Waals surface area contributed by atoms with E-state index in [1.807, 2.05) is 67.6 Å². The van der Waals surface area contributed by atoms with Crippen LogP contribution in [0.1, 0.15) is 54.9 Å². The predicted molar refractivity (Wildman–Crippen MR) is 142 cm³/mol. The molecular weight excluding hydrogens is 574 g/mol. The zero-order chi connectivity index (χ0) is 25.7. The molecule has 0 heterocycles. The molecule has 2 fully saturated rings. The third-order valence-corrected chi connectivity index (χ3v) is 7.68. The number of halogens is 2. The number of hydrogen-bond donors (Lipinski definition) is 1. The van der Waals surface area contributed by atoms with E-state index in [0.29, 0.717) is 17.0 Å². The van der Waals surface area contributed by atoms with Crippen molar-refractivity contribution in [3.63, 3.8) is 0 Å². The van der Waals surface area contributed by atoms with Crippen molar-refractivity contribution in [2.24, 2.45) is 16.8 Å². The van der Waals surface area contributed by atoms with Gasteiger partial charge in [0.05, 0.1) is 11.0 Å². The third kappa shape index (κ3) is 5.61. The van der Waals surface area contributed by atoms with Crippen molar-refractivity contribution in [2.75, 3.05) is 0 Å². The zero-order valence-electron chi connectivity index (χ0n) is 20.0. The van der Waals surface area contributed by atoms with E-state index in [1.165, 1.54) is 31.4 Å². The van der Waals surface area contributed by atoms with Gasteiger partial charge >= 0.3 is 37.9 Å². The van der Waals surface area contributed by atoms with Gasteiger partial charge in [-0.15, -0.1) is 0 Å². The Kier molecular flexibility index (Phi) is 9.03. The molecule has 0 spiro atoms. The molecule has 1 N–H and O–H groups in total. The van der Waals surface area contributed by atoms with Crippen LogP contribution >= 0.6 is 17.0 Å². The first-order valence-electron chi connectivity index (χ1n) is 12.0. The molecule has 3 unspecified atom stereocenters. The van der Waals surface area contributed by atoms with Gasteiger partial charge in [-0.3, -0.25) is 15.1 Å². The number of phenolic OH excluding ortho intramolecular Hbond substituents is 1. The van der Waals surface area contributed by atoms with Gasteiger partial charge in [0, 0.05) is 34.9 Å². The number of non-ortho nitro benzene ring substituents is 1. The number of benzene rings is 3. The van der Waals surface area contributed by atoms with Gasteiger partial charge in [0.1, 0.15) is 5.75 Å². The Labute approximate surface area is 230 Å². The zero-order valence-corrected chi connectivity index (χ0v) is 23.9. The first-order valence-corrected chi connectivity index (χ1v) is 18.3. The van der Waals surface area contributed by atoms with Crippen LogP contribution < -0.4 is 0 Å². The van der Waals surface area contributed by atoms with Crippen molar-refractivity contribution in [1.29, 1.82) is 0 Å². The summed E-state index contributed by atoms with van der Waals surface area (Å²) in [5, 5.41) is 23.3. The van der Waals surface area contributed by atoms with E-state index in [0.717, 1.165) is 23.5 Å². The molecule has 2 bridgehead atoms. The van der Waals surface area contributed by atoms with Crippen molar-refractivity contribution < 1.29 is 30.9 Å². The molecule has 3 atom stereocenters. The third-order valence-electron chi connectivity index (χ3n) is 7.68. The molecule has 3 aromatic rings. The fraction of sp³-hybridized carbons (Fsp3) is 0.321. The summed E-state index contributed by atoms with van der Waals surface area (Å²) < 4.78 is 0. The monoisotopic (exact) mass is 600 g/mol. The predicted octanol–water partition coefficient (Wildman–Crippen LogP) is 7.64. The molecule has 5 rings (SSSR count). The van der Waals surface area contributed by atoms with Crippen LogP contribution in [0, 0.1) is 22.0 Å². The molecule has 3 aromatic carbocycles. The molecule has 0 amide bonds. The first-order chi connectivity index (χ1) is 17.4. The molecule has 0 radical (unpaired) electrons. The summed E-state index contributed by atoms with van der Waals surface area (Å²) in [6.07, 6.45) is 6.46. The van der Waals surface area contributed by atoms with Gasteiger partial charge < -0.3 is 5.11 Å². The van der Waals surface area contributed by atoms with E-state index >= 15 is 0 Å². The number of phenols is 1. The maximum atomic E-state index is 11.9. The van der Waals surface area contributed by atoms with E-state index in [4.69, 9.17) is 22.0 Å². The number of nitrogens with zero attached hydrogens (tertiary/aromatic N) is 2. The second-order valence-electron chi connectivity index (χ2n) is 9.64. The minimum absolute atomic E-state index is 0.0442. The summed E-state index contributed by atoms with van der Waals surface area (Å²) in [4.78, 5) is 16.3. The van der Waals surface area contributed by atoms with Gasteiger partial charge in [-0.1, -0.05) is 67.1 Å². The Morgan fingerprint density at radius 3 is 2.08 bits per heavy atom. The standard InChI is InChI=1S/C28H28N2O3.2ClH.Zr/c1-28(22-8-4-2-5-9-22,23-10-6-3-7-11-23)25-17-24(30(32)33)16-21(27(25)31)18-29-26-15-19-12-13-20(26)14-19;;;/h2-11,16-20,26,31H,12-15H2,1H3;2*1H;/q;;;+2/p-2. The van der Waals surface area contributed by atoms with Crippen molar-refractivity contribution in [3.05, 3.63) is 105 Å². The Hall–Kier alpha value is -2.01. The molecule has 186 valence electrons. The number of rotatable bonds is 6. The van der Waals surface area contributed by atoms with Crippen LogP contribution in [0.5, 0.6) is 5.75 Å². The van der Waals surface area contributed by atoms with Crippen molar-refractivity contribution >= 4 is 28.9 Å². The molecule has 0 aliphatic heterocycles. The fourth-order valence-corrected chi connectivity index (χ4v) is 5.82. The van der Waals surface area contributed by atoms with Crippen LogP contribution in [0.25, 0.3) is 0 Å². The van der Waals surface area contributed by atoms with Crippen molar-refractivity contribution in [1.82, 2.24) is 0 Å². The SMILES string of the molecule is CC(c1ccccc1)(c1ccccc1)c1cc([N+](=O)[O-])cc(C=NC2CC3CCC2C3)c1O.[Cl][Zr][Cl]. The molecule has 2 aliphatic carbocycles. The molecule has 8 heteroatoms. The number of aliphatic imine (C=N–C) groups is 1. The van der Waals surface area contributed by atoms with Crippen LogP contribution in [-0.2, 0) is 26.3 Å². The fourth-order valence-electron chi connectivity index (χ4n) is 5.82. The van der Waals surface area contributed by atoms with Gasteiger partial charge in [-0.2, -0.15) is 0 Å². The quantitative estimate of drug-likeness (QED) is 0.136. The summed E-state index contributed by atoms with van der Waals surface area (Å²) in [5.74, 6) is 1.40. The Bertz CT molecular complexity index is 1180. The minimum atomic E-state index is -0.826. The van der Waals surface area contributed by atoms with E-state index in [2.05, 4.69) is 0 Å². The normalized spacial score (nSPS) is 20.7. The van der Waals surface area contributed by atoms with Crippen LogP contribution in [0.2, 0.25) is 0 Å². The second-order valence-corrected chi connectivity index (χ2v) is 13.4. The molecule has 36 heavy (non-hydrogen) atoms. The van der Waals surface area contributed by atoms with Crippen LogP contribution in [-0.4, -0.2) is 22.3 Å². The maximum absolute atomic E-state index is 11.9. The number of nitro benzene ring substituents is 1. The van der Waals surface area contributed by atoms with E-state index < -0.39 is 31.2 Å². The number of aromatic hydroxyl groups is 1. The van der Waals surface area contributed by atoms with E-state index in [-0.39, 0.29) is 17.5 Å². The summed E-state index contributed by atoms with van der Waals surface area (Å²) in [7, 11) is 9.87. The van der Waals surface area contributed by atoms with Crippen LogP contribution in [0.15, 0.2) is 77.8 Å². The second kappa shape index (κ2) is 12.0. The molecular formula is C28H28Cl2N2O3Zr. The summed E-state index contributed by atoms with van der Waals surface area (Å²) in [6.45, 7) is 2.01. The van der Waals surface area contributed by atoms with Gasteiger partial charge in [0.25, 0.3) is 5.69 Å². The van der Waals surface area contributed by atoms with E-state index in [9.17, 15) is 15.2 Å². The number of hydrogen-bond acceptors (Lipinski definition) is 4. The number of fused-ring (bicyclic) bond motifs is 2. The Balaban J connectivity index is 0.000000967. The molecule has 2 aliphatic rings. The van der Waals surface area contributed by atoms with Crippen LogP contribution in [0.4, 0.5) is 5.69 Å². The van der Waals surface area contributed by atoms with E-state index in [1.54, 1.807) is 6.21 Å². The Morgan fingerprint density at radius 2 is 1.61 bits per heavy atom. The summed E-state index contributed by atoms with van der Waals surface area (Å²) in [6, 6.07) is 22.8. The van der Waals surface area contributed by atoms with Crippen molar-refractivity contribution in [3.8, 4) is 5.75 Å². The average molecular weight is 603 g/mol. The van der Waals surface area contributed by atoms with Gasteiger partial charge in [-0.05, 0) is 49.1 Å². The summed E-state index contributed by atoms with van der Waals surface area (Å²) >= 11 is -0.826. The number of nitro groups is 1. The van der Waals surface area contributed by atoms with Gasteiger partial charge in [0.2, 0.25) is 0 Å². The van der Waals surface area contributed by atoms with Crippen molar-refractivity contribution in [2.45, 2.75) is 44.1 Å². The van der Waals surface area contributed by atoms with Gasteiger partial charge in [0.15, 0.2) is 0 Å². The molecule has 2 saturated carbocycles. The van der Waals surface area contributed by atoms with Gasteiger partial charge in [-0.25, -0.2) is 0 Å². The topological polar surface area (TPSA) is 75.7 Å². The first kappa shape index (κ1) is 27.0. The van der Waals surface area contributed by atoms with Crippen LogP contribution in [0.3, 0.4) is 0 Å². The molecule has 0 saturated heterocycles.